The molecule has 0 aliphatic rings. The fourth-order valence-corrected chi connectivity index (χ4v) is 3.76. The summed E-state index contributed by atoms with van der Waals surface area (Å²) < 4.78 is 0. The second kappa shape index (κ2) is 12.0. The summed E-state index contributed by atoms with van der Waals surface area (Å²) in [5.41, 5.74) is 2.20. The first-order valence-electron chi connectivity index (χ1n) is 11.4. The number of aliphatic hydroxyl groups is 1. The predicted octanol–water partition coefficient (Wildman–Crippen LogP) is 2.91. The third-order valence-electron chi connectivity index (χ3n) is 5.66. The van der Waals surface area contributed by atoms with Crippen LogP contribution >= 0.6 is 0 Å². The van der Waals surface area contributed by atoms with E-state index in [0.717, 1.165) is 24.1 Å². The van der Waals surface area contributed by atoms with Crippen molar-refractivity contribution < 1.29 is 20.1 Å². The lowest BCUT2D eigenvalue weighted by Crippen LogP contribution is -2.43. The summed E-state index contributed by atoms with van der Waals surface area (Å²) in [5, 5.41) is 36.1. The number of benzene rings is 2. The molecule has 7 nitrogen and oxygen atoms in total. The SMILES string of the molecule is CC(C(=O)NCCCN(C)C)c1cccc(CC(C)(C)NCC(O)c2cc(O)cc(O)c2)c1. The highest BCUT2D eigenvalue weighted by atomic mass is 16.3. The number of nitrogens with one attached hydrogen (secondary N) is 2. The number of nitrogens with zero attached hydrogens (tertiary/aromatic N) is 1. The number of hydrogen-bond acceptors (Lipinski definition) is 6. The number of aliphatic hydroxyl groups excluding tert-OH is 1. The van der Waals surface area contributed by atoms with E-state index in [1.54, 1.807) is 0 Å². The van der Waals surface area contributed by atoms with Crippen molar-refractivity contribution in [1.82, 2.24) is 15.5 Å². The molecule has 0 heterocycles. The van der Waals surface area contributed by atoms with Crippen LogP contribution in [-0.4, -0.2) is 65.4 Å². The van der Waals surface area contributed by atoms with Crippen LogP contribution in [0.15, 0.2) is 42.5 Å². The van der Waals surface area contributed by atoms with Crippen LogP contribution in [0.5, 0.6) is 11.5 Å². The van der Waals surface area contributed by atoms with E-state index in [4.69, 9.17) is 0 Å². The molecule has 7 heteroatoms. The van der Waals surface area contributed by atoms with E-state index in [9.17, 15) is 20.1 Å². The molecule has 2 aromatic carbocycles. The van der Waals surface area contributed by atoms with Gasteiger partial charge >= 0.3 is 0 Å². The number of carbonyl (C=O) groups excluding carboxylic acids is 1. The first kappa shape index (κ1) is 26.6. The number of amides is 1. The lowest BCUT2D eigenvalue weighted by Gasteiger charge is -2.28. The molecule has 0 aliphatic carbocycles. The van der Waals surface area contributed by atoms with E-state index in [-0.39, 0.29) is 35.4 Å². The second-order valence-corrected chi connectivity index (χ2v) is 9.65. The summed E-state index contributed by atoms with van der Waals surface area (Å²) in [5.74, 6) is -0.381. The number of rotatable bonds is 12. The van der Waals surface area contributed by atoms with Crippen molar-refractivity contribution in [3.05, 3.63) is 59.2 Å². The van der Waals surface area contributed by atoms with Crippen LogP contribution in [0.3, 0.4) is 0 Å². The number of aromatic hydroxyl groups is 2. The molecule has 2 aromatic rings. The van der Waals surface area contributed by atoms with Gasteiger partial charge in [0.2, 0.25) is 5.91 Å². The van der Waals surface area contributed by atoms with E-state index in [0.29, 0.717) is 18.5 Å². The molecule has 0 saturated carbocycles. The van der Waals surface area contributed by atoms with E-state index in [2.05, 4.69) is 21.6 Å². The third-order valence-corrected chi connectivity index (χ3v) is 5.66. The van der Waals surface area contributed by atoms with Gasteiger partial charge in [-0.3, -0.25) is 4.79 Å². The quantitative estimate of drug-likeness (QED) is 0.314. The number of hydrogen-bond donors (Lipinski definition) is 5. The Kier molecular flexibility index (Phi) is 9.70. The Morgan fingerprint density at radius 2 is 1.73 bits per heavy atom. The Morgan fingerprint density at radius 1 is 1.06 bits per heavy atom. The van der Waals surface area contributed by atoms with E-state index >= 15 is 0 Å². The first-order valence-corrected chi connectivity index (χ1v) is 11.4. The van der Waals surface area contributed by atoms with Crippen LogP contribution in [0.25, 0.3) is 0 Å². The second-order valence-electron chi connectivity index (χ2n) is 9.65. The largest absolute Gasteiger partial charge is 0.508 e. The molecule has 0 aliphatic heterocycles. The van der Waals surface area contributed by atoms with Crippen LogP contribution in [0.4, 0.5) is 0 Å². The van der Waals surface area contributed by atoms with Gasteiger partial charge in [-0.2, -0.15) is 0 Å². The first-order chi connectivity index (χ1) is 15.5. The Balaban J connectivity index is 1.93. The zero-order valence-electron chi connectivity index (χ0n) is 20.4. The molecule has 0 bridgehead atoms. The minimum Gasteiger partial charge on any atom is -0.508 e. The molecule has 1 amide bonds. The van der Waals surface area contributed by atoms with Crippen LogP contribution in [0, 0.1) is 0 Å². The summed E-state index contributed by atoms with van der Waals surface area (Å²) in [6, 6.07) is 12.2. The number of phenols is 2. The van der Waals surface area contributed by atoms with Gasteiger partial charge in [0, 0.05) is 24.7 Å². The van der Waals surface area contributed by atoms with Crippen molar-refractivity contribution in [2.75, 3.05) is 33.7 Å². The van der Waals surface area contributed by atoms with Crippen molar-refractivity contribution in [1.29, 1.82) is 0 Å². The summed E-state index contributed by atoms with van der Waals surface area (Å²) in [4.78, 5) is 14.6. The highest BCUT2D eigenvalue weighted by Gasteiger charge is 2.22. The molecule has 0 fully saturated rings. The van der Waals surface area contributed by atoms with Gasteiger partial charge in [0.1, 0.15) is 11.5 Å². The molecule has 0 saturated heterocycles. The fourth-order valence-electron chi connectivity index (χ4n) is 3.76. The molecule has 0 spiro atoms. The van der Waals surface area contributed by atoms with Crippen LogP contribution in [0.1, 0.15) is 55.9 Å². The highest BCUT2D eigenvalue weighted by Crippen LogP contribution is 2.25. The van der Waals surface area contributed by atoms with Crippen molar-refractivity contribution in [2.24, 2.45) is 0 Å². The molecule has 33 heavy (non-hydrogen) atoms. The summed E-state index contributed by atoms with van der Waals surface area (Å²) in [7, 11) is 4.04. The minimum absolute atomic E-state index is 0.0285. The fraction of sp³-hybridized carbons (Fsp3) is 0.500. The standard InChI is InChI=1S/C26H39N3O4/c1-18(25(33)27-10-7-11-29(4)5)20-9-6-8-19(12-20)16-26(2,3)28-17-24(32)21-13-22(30)15-23(31)14-21/h6,8-9,12-15,18,24,28,30-32H,7,10-11,16-17H2,1-5H3,(H,27,33). The summed E-state index contributed by atoms with van der Waals surface area (Å²) in [6.45, 7) is 7.89. The van der Waals surface area contributed by atoms with Gasteiger partial charge in [-0.05, 0) is 83.1 Å². The number of β-amino-alcohol motifs (C(OH)–C–C–N with tert-alkyl or cyclic N) is 1. The van der Waals surface area contributed by atoms with Crippen LogP contribution in [0.2, 0.25) is 0 Å². The van der Waals surface area contributed by atoms with Crippen molar-refractivity contribution in [3.63, 3.8) is 0 Å². The third kappa shape index (κ3) is 9.04. The maximum atomic E-state index is 12.5. The van der Waals surface area contributed by atoms with Gasteiger partial charge < -0.3 is 30.9 Å². The van der Waals surface area contributed by atoms with Gasteiger partial charge in [0.25, 0.3) is 0 Å². The topological polar surface area (TPSA) is 105 Å². The van der Waals surface area contributed by atoms with E-state index < -0.39 is 6.10 Å². The Bertz CT molecular complexity index is 894. The molecule has 2 unspecified atom stereocenters. The summed E-state index contributed by atoms with van der Waals surface area (Å²) >= 11 is 0. The Labute approximate surface area is 197 Å². The van der Waals surface area contributed by atoms with Gasteiger partial charge in [0.05, 0.1) is 12.0 Å². The van der Waals surface area contributed by atoms with E-state index in [1.165, 1.54) is 18.2 Å². The van der Waals surface area contributed by atoms with Crippen molar-refractivity contribution in [3.8, 4) is 11.5 Å². The highest BCUT2D eigenvalue weighted by molar-refractivity contribution is 5.83. The van der Waals surface area contributed by atoms with Crippen molar-refractivity contribution >= 4 is 5.91 Å². The van der Waals surface area contributed by atoms with E-state index in [1.807, 2.05) is 53.1 Å². The molecule has 0 radical (unpaired) electrons. The number of carbonyl (C=O) groups is 1. The van der Waals surface area contributed by atoms with Gasteiger partial charge in [0.15, 0.2) is 0 Å². The molecular weight excluding hydrogens is 418 g/mol. The molecule has 2 atom stereocenters. The summed E-state index contributed by atoms with van der Waals surface area (Å²) in [6.07, 6.45) is 0.750. The Hall–Kier alpha value is -2.61. The maximum Gasteiger partial charge on any atom is 0.227 e. The molecule has 182 valence electrons. The molecule has 5 N–H and O–H groups in total. The Morgan fingerprint density at radius 3 is 2.36 bits per heavy atom. The van der Waals surface area contributed by atoms with Gasteiger partial charge in [-0.1, -0.05) is 24.3 Å². The zero-order chi connectivity index (χ0) is 24.6. The molecule has 2 rings (SSSR count). The normalized spacial score (nSPS) is 13.7. The van der Waals surface area contributed by atoms with Crippen LogP contribution in [-0.2, 0) is 11.2 Å². The monoisotopic (exact) mass is 457 g/mol. The van der Waals surface area contributed by atoms with Crippen LogP contribution < -0.4 is 10.6 Å². The average molecular weight is 458 g/mol. The van der Waals surface area contributed by atoms with Gasteiger partial charge in [-0.25, -0.2) is 0 Å². The smallest absolute Gasteiger partial charge is 0.227 e. The zero-order valence-corrected chi connectivity index (χ0v) is 20.4. The molecule has 0 aromatic heterocycles. The average Bonchev–Trinajstić information content (AvgIpc) is 2.73. The maximum absolute atomic E-state index is 12.5. The van der Waals surface area contributed by atoms with Crippen molar-refractivity contribution in [2.45, 2.75) is 51.2 Å². The predicted molar refractivity (Wildman–Crippen MR) is 132 cm³/mol. The van der Waals surface area contributed by atoms with Gasteiger partial charge in [-0.15, -0.1) is 0 Å². The lowest BCUT2D eigenvalue weighted by atomic mass is 9.91. The lowest BCUT2D eigenvalue weighted by molar-refractivity contribution is -0.122. The minimum atomic E-state index is -0.871. The molecular formula is C26H39N3O4. The number of phenolic OH excluding ortho intramolecular Hbond substituents is 2.